The summed E-state index contributed by atoms with van der Waals surface area (Å²) < 4.78 is 43.2. The average Bonchev–Trinajstić information content (AvgIpc) is 3.25. The standard InChI is InChI=1S/C22H16ClNO7S/c23-15-6-8-16(9-7-15)32(27,28)24-18-4-2-1-3-17(18)22(26)29-12-19(25)14-5-10-20-21(11-14)31-13-30-20/h1-11,24H,12-13H2. The summed E-state index contributed by atoms with van der Waals surface area (Å²) in [6.07, 6.45) is 0. The van der Waals surface area contributed by atoms with Gasteiger partial charge in [0.25, 0.3) is 10.0 Å². The number of carbonyl (C=O) groups excluding carboxylic acids is 2. The number of halogens is 1. The Morgan fingerprint density at radius 1 is 0.969 bits per heavy atom. The molecule has 0 bridgehead atoms. The first-order chi connectivity index (χ1) is 15.3. The van der Waals surface area contributed by atoms with Gasteiger partial charge in [-0.15, -0.1) is 0 Å². The number of rotatable bonds is 7. The highest BCUT2D eigenvalue weighted by atomic mass is 35.5. The zero-order valence-corrected chi connectivity index (χ0v) is 18.0. The van der Waals surface area contributed by atoms with Crippen molar-refractivity contribution in [3.63, 3.8) is 0 Å². The third kappa shape index (κ3) is 4.68. The molecule has 1 aliphatic rings. The molecule has 10 heteroatoms. The average molecular weight is 474 g/mol. The number of nitrogens with one attached hydrogen (secondary N) is 1. The lowest BCUT2D eigenvalue weighted by molar-refractivity contribution is 0.0476. The Bertz CT molecular complexity index is 1290. The van der Waals surface area contributed by atoms with Crippen molar-refractivity contribution in [1.82, 2.24) is 0 Å². The van der Waals surface area contributed by atoms with Gasteiger partial charge in [-0.2, -0.15) is 0 Å². The van der Waals surface area contributed by atoms with Crippen LogP contribution in [0.3, 0.4) is 0 Å². The first kappa shape index (κ1) is 21.7. The van der Waals surface area contributed by atoms with E-state index in [1.807, 2.05) is 0 Å². The Labute approximate surface area is 188 Å². The lowest BCUT2D eigenvalue weighted by Crippen LogP contribution is -2.18. The maximum Gasteiger partial charge on any atom is 0.340 e. The molecule has 4 rings (SSSR count). The molecule has 32 heavy (non-hydrogen) atoms. The fraction of sp³-hybridized carbons (Fsp3) is 0.0909. The molecule has 1 N–H and O–H groups in total. The second kappa shape index (κ2) is 8.89. The van der Waals surface area contributed by atoms with Crippen LogP contribution in [0, 0.1) is 0 Å². The number of fused-ring (bicyclic) bond motifs is 1. The fourth-order valence-electron chi connectivity index (χ4n) is 2.93. The lowest BCUT2D eigenvalue weighted by atomic mass is 10.1. The quantitative estimate of drug-likeness (QED) is 0.409. The van der Waals surface area contributed by atoms with Crippen molar-refractivity contribution in [2.24, 2.45) is 0 Å². The van der Waals surface area contributed by atoms with Crippen LogP contribution in [0.2, 0.25) is 5.02 Å². The molecule has 0 atom stereocenters. The van der Waals surface area contributed by atoms with Crippen molar-refractivity contribution < 1.29 is 32.2 Å². The van der Waals surface area contributed by atoms with Crippen LogP contribution in [-0.2, 0) is 14.8 Å². The first-order valence-corrected chi connectivity index (χ1v) is 11.2. The number of Topliss-reactive ketones (excluding diaryl/α,β-unsaturated/α-hetero) is 1. The molecule has 0 unspecified atom stereocenters. The number of benzene rings is 3. The molecule has 0 spiro atoms. The molecule has 3 aromatic carbocycles. The summed E-state index contributed by atoms with van der Waals surface area (Å²) in [6, 6.07) is 16.1. The van der Waals surface area contributed by atoms with Crippen molar-refractivity contribution in [1.29, 1.82) is 0 Å². The molecular formula is C22H16ClNO7S. The summed E-state index contributed by atoms with van der Waals surface area (Å²) >= 11 is 5.80. The van der Waals surface area contributed by atoms with E-state index in [2.05, 4.69) is 4.72 Å². The van der Waals surface area contributed by atoms with Crippen LogP contribution in [0.5, 0.6) is 11.5 Å². The van der Waals surface area contributed by atoms with E-state index < -0.39 is 28.4 Å². The number of esters is 1. The molecule has 0 fully saturated rings. The Balaban J connectivity index is 1.46. The minimum Gasteiger partial charge on any atom is -0.454 e. The van der Waals surface area contributed by atoms with Gasteiger partial charge in [0.1, 0.15) is 0 Å². The zero-order valence-electron chi connectivity index (χ0n) is 16.4. The number of sulfonamides is 1. The van der Waals surface area contributed by atoms with E-state index in [4.69, 9.17) is 25.8 Å². The van der Waals surface area contributed by atoms with Gasteiger partial charge < -0.3 is 14.2 Å². The number of hydrogen-bond donors (Lipinski definition) is 1. The van der Waals surface area contributed by atoms with Gasteiger partial charge in [-0.1, -0.05) is 23.7 Å². The largest absolute Gasteiger partial charge is 0.454 e. The normalized spacial score (nSPS) is 12.3. The summed E-state index contributed by atoms with van der Waals surface area (Å²) in [4.78, 5) is 25.0. The van der Waals surface area contributed by atoms with Crippen LogP contribution < -0.4 is 14.2 Å². The van der Waals surface area contributed by atoms with E-state index in [1.165, 1.54) is 48.5 Å². The highest BCUT2D eigenvalue weighted by molar-refractivity contribution is 7.92. The van der Waals surface area contributed by atoms with E-state index in [0.29, 0.717) is 22.1 Å². The number of anilines is 1. The number of hydrogen-bond acceptors (Lipinski definition) is 7. The Hall–Kier alpha value is -3.56. The molecule has 8 nitrogen and oxygen atoms in total. The molecule has 0 saturated heterocycles. The molecule has 0 amide bonds. The summed E-state index contributed by atoms with van der Waals surface area (Å²) in [5.74, 6) is -0.339. The molecule has 1 aliphatic heterocycles. The van der Waals surface area contributed by atoms with Gasteiger partial charge in [0.05, 0.1) is 16.1 Å². The smallest absolute Gasteiger partial charge is 0.340 e. The van der Waals surface area contributed by atoms with Crippen molar-refractivity contribution >= 4 is 39.1 Å². The second-order valence-electron chi connectivity index (χ2n) is 6.67. The zero-order chi connectivity index (χ0) is 22.7. The molecule has 3 aromatic rings. The molecule has 0 aromatic heterocycles. The van der Waals surface area contributed by atoms with E-state index in [0.717, 1.165) is 0 Å². The molecule has 164 valence electrons. The topological polar surface area (TPSA) is 108 Å². The molecule has 1 heterocycles. The van der Waals surface area contributed by atoms with Crippen molar-refractivity contribution in [2.75, 3.05) is 18.1 Å². The van der Waals surface area contributed by atoms with Crippen LogP contribution in [0.25, 0.3) is 0 Å². The van der Waals surface area contributed by atoms with E-state index >= 15 is 0 Å². The van der Waals surface area contributed by atoms with Gasteiger partial charge in [-0.3, -0.25) is 9.52 Å². The van der Waals surface area contributed by atoms with Gasteiger partial charge >= 0.3 is 5.97 Å². The van der Waals surface area contributed by atoms with Crippen molar-refractivity contribution in [2.45, 2.75) is 4.90 Å². The minimum absolute atomic E-state index is 0.0166. The summed E-state index contributed by atoms with van der Waals surface area (Å²) in [5.41, 5.74) is 0.269. The van der Waals surface area contributed by atoms with Gasteiger partial charge in [-0.05, 0) is 54.6 Å². The number of ether oxygens (including phenoxy) is 3. The van der Waals surface area contributed by atoms with E-state index in [-0.39, 0.29) is 22.9 Å². The maximum atomic E-state index is 12.6. The molecule has 0 aliphatic carbocycles. The summed E-state index contributed by atoms with van der Waals surface area (Å²) in [6.45, 7) is -0.457. The Morgan fingerprint density at radius 3 is 2.47 bits per heavy atom. The summed E-state index contributed by atoms with van der Waals surface area (Å²) in [5, 5.41) is 0.389. The number of ketones is 1. The van der Waals surface area contributed by atoms with E-state index in [1.54, 1.807) is 18.2 Å². The summed E-state index contributed by atoms with van der Waals surface area (Å²) in [7, 11) is -3.98. The lowest BCUT2D eigenvalue weighted by Gasteiger charge is -2.12. The van der Waals surface area contributed by atoms with Gasteiger partial charge in [0, 0.05) is 10.6 Å². The Kier molecular flexibility index (Phi) is 6.02. The predicted octanol–water partition coefficient (Wildman–Crippen LogP) is 3.91. The van der Waals surface area contributed by atoms with Crippen LogP contribution in [-0.4, -0.2) is 33.6 Å². The second-order valence-corrected chi connectivity index (χ2v) is 8.79. The third-order valence-electron chi connectivity index (χ3n) is 4.54. The van der Waals surface area contributed by atoms with Crippen LogP contribution in [0.15, 0.2) is 71.6 Å². The fourth-order valence-corrected chi connectivity index (χ4v) is 4.14. The SMILES string of the molecule is O=C(COC(=O)c1ccccc1NS(=O)(=O)c1ccc(Cl)cc1)c1ccc2c(c1)OCO2. The van der Waals surface area contributed by atoms with Gasteiger partial charge in [-0.25, -0.2) is 13.2 Å². The van der Waals surface area contributed by atoms with Crippen molar-refractivity contribution in [3.8, 4) is 11.5 Å². The van der Waals surface area contributed by atoms with Crippen LogP contribution in [0.4, 0.5) is 5.69 Å². The van der Waals surface area contributed by atoms with Crippen LogP contribution in [0.1, 0.15) is 20.7 Å². The minimum atomic E-state index is -3.98. The highest BCUT2D eigenvalue weighted by Crippen LogP contribution is 2.32. The maximum absolute atomic E-state index is 12.6. The van der Waals surface area contributed by atoms with Crippen molar-refractivity contribution in [3.05, 3.63) is 82.9 Å². The monoisotopic (exact) mass is 473 g/mol. The van der Waals surface area contributed by atoms with Gasteiger partial charge in [0.2, 0.25) is 6.79 Å². The number of para-hydroxylation sites is 1. The molecular weight excluding hydrogens is 458 g/mol. The number of carbonyl (C=O) groups is 2. The highest BCUT2D eigenvalue weighted by Gasteiger charge is 2.21. The van der Waals surface area contributed by atoms with Gasteiger partial charge in [0.15, 0.2) is 23.9 Å². The molecule has 0 radical (unpaired) electrons. The van der Waals surface area contributed by atoms with E-state index in [9.17, 15) is 18.0 Å². The first-order valence-electron chi connectivity index (χ1n) is 9.31. The third-order valence-corrected chi connectivity index (χ3v) is 6.18. The van der Waals surface area contributed by atoms with Crippen LogP contribution >= 0.6 is 11.6 Å². The predicted molar refractivity (Wildman–Crippen MR) is 116 cm³/mol. The Morgan fingerprint density at radius 2 is 1.69 bits per heavy atom. The molecule has 0 saturated carbocycles.